The minimum Gasteiger partial charge on any atom is -0.492 e. The number of aliphatic carboxylic acids is 1. The van der Waals surface area contributed by atoms with Gasteiger partial charge < -0.3 is 30.2 Å². The van der Waals surface area contributed by atoms with Gasteiger partial charge in [-0.3, -0.25) is 0 Å². The van der Waals surface area contributed by atoms with E-state index < -0.39 is 47.2 Å². The fourth-order valence-electron chi connectivity index (χ4n) is 2.82. The first-order valence-electron chi connectivity index (χ1n) is 9.51. The van der Waals surface area contributed by atoms with E-state index in [-0.39, 0.29) is 13.0 Å². The Labute approximate surface area is 179 Å². The molecule has 2 rings (SSSR count). The quantitative estimate of drug-likeness (QED) is 0.495. The van der Waals surface area contributed by atoms with Crippen molar-refractivity contribution in [1.29, 1.82) is 0 Å². The summed E-state index contributed by atoms with van der Waals surface area (Å²) in [5.41, 5.74) is -0.0364. The zero-order chi connectivity index (χ0) is 23.2. The summed E-state index contributed by atoms with van der Waals surface area (Å²) in [5.74, 6) is -4.26. The molecule has 0 aliphatic heterocycles. The zero-order valence-electron chi connectivity index (χ0n) is 17.4. The summed E-state index contributed by atoms with van der Waals surface area (Å²) in [7, 11) is 0. The van der Waals surface area contributed by atoms with Crippen molar-refractivity contribution in [2.45, 2.75) is 39.8 Å². The van der Waals surface area contributed by atoms with E-state index >= 15 is 0 Å². The van der Waals surface area contributed by atoms with E-state index in [1.54, 1.807) is 45.0 Å². The molecule has 0 bridgehead atoms. The number of carboxylic acid groups (broad SMARTS) is 1. The van der Waals surface area contributed by atoms with Crippen LogP contribution in [0.4, 0.5) is 4.79 Å². The SMILES string of the molecule is CC(C)(C)C(C[C@H](NC(=O)OCc1ccccc1)C(=O)O)C(=O)On1c(O)ccc1O. The number of nitrogens with one attached hydrogen (secondary N) is 1. The monoisotopic (exact) mass is 434 g/mol. The number of carbonyl (C=O) groups is 3. The van der Waals surface area contributed by atoms with Crippen LogP contribution in [0.3, 0.4) is 0 Å². The first-order valence-corrected chi connectivity index (χ1v) is 9.51. The fourth-order valence-corrected chi connectivity index (χ4v) is 2.82. The van der Waals surface area contributed by atoms with Crippen molar-refractivity contribution in [2.75, 3.05) is 0 Å². The van der Waals surface area contributed by atoms with Crippen molar-refractivity contribution < 1.29 is 39.3 Å². The number of hydrogen-bond donors (Lipinski definition) is 4. The van der Waals surface area contributed by atoms with Gasteiger partial charge >= 0.3 is 18.0 Å². The molecule has 10 nitrogen and oxygen atoms in total. The Morgan fingerprint density at radius 3 is 2.13 bits per heavy atom. The van der Waals surface area contributed by atoms with E-state index in [9.17, 15) is 29.7 Å². The summed E-state index contributed by atoms with van der Waals surface area (Å²) < 4.78 is 5.58. The first kappa shape index (κ1) is 23.6. The largest absolute Gasteiger partial charge is 0.492 e. The molecule has 0 aliphatic rings. The zero-order valence-corrected chi connectivity index (χ0v) is 17.4. The summed E-state index contributed by atoms with van der Waals surface area (Å²) in [6.07, 6.45) is -1.25. The van der Waals surface area contributed by atoms with Crippen LogP contribution in [0.1, 0.15) is 32.8 Å². The van der Waals surface area contributed by atoms with Gasteiger partial charge in [-0.2, -0.15) is 0 Å². The van der Waals surface area contributed by atoms with Gasteiger partial charge in [-0.1, -0.05) is 51.1 Å². The number of carbonyl (C=O) groups excluding carboxylic acids is 2. The van der Waals surface area contributed by atoms with E-state index in [4.69, 9.17) is 9.57 Å². The molecule has 4 N–H and O–H groups in total. The second-order valence-electron chi connectivity index (χ2n) is 8.01. The Balaban J connectivity index is 2.08. The summed E-state index contributed by atoms with van der Waals surface area (Å²) in [5, 5.41) is 31.1. The number of nitrogens with zero attached hydrogens (tertiary/aromatic N) is 1. The van der Waals surface area contributed by atoms with Crippen molar-refractivity contribution in [2.24, 2.45) is 11.3 Å². The highest BCUT2D eigenvalue weighted by atomic mass is 16.7. The summed E-state index contributed by atoms with van der Waals surface area (Å²) >= 11 is 0. The molecule has 1 unspecified atom stereocenters. The van der Waals surface area contributed by atoms with Crippen LogP contribution in [-0.4, -0.2) is 44.1 Å². The maximum absolute atomic E-state index is 12.7. The number of aromatic hydroxyl groups is 2. The van der Waals surface area contributed by atoms with E-state index in [1.165, 1.54) is 0 Å². The average molecular weight is 434 g/mol. The molecular weight excluding hydrogens is 408 g/mol. The van der Waals surface area contributed by atoms with Gasteiger partial charge in [0.1, 0.15) is 12.6 Å². The van der Waals surface area contributed by atoms with Crippen LogP contribution >= 0.6 is 0 Å². The number of amides is 1. The second kappa shape index (κ2) is 9.88. The predicted molar refractivity (Wildman–Crippen MR) is 108 cm³/mol. The standard InChI is InChI=1S/C21H26N2O8/c1-21(2,3)14(19(28)31-23-16(24)9-10-17(23)25)11-15(18(26)27)22-20(29)30-12-13-7-5-4-6-8-13/h4-10,14-15,24-25H,11-12H2,1-3H3,(H,22,29)(H,26,27)/t14?,15-/m0/s1. The van der Waals surface area contributed by atoms with Gasteiger partial charge in [-0.05, 0) is 17.4 Å². The lowest BCUT2D eigenvalue weighted by Gasteiger charge is -2.30. The van der Waals surface area contributed by atoms with Gasteiger partial charge in [0, 0.05) is 12.1 Å². The molecule has 1 aromatic carbocycles. The Kier molecular flexibility index (Phi) is 7.51. The summed E-state index contributed by atoms with van der Waals surface area (Å²) in [6.45, 7) is 5.04. The van der Waals surface area contributed by atoms with Crippen molar-refractivity contribution >= 4 is 18.0 Å². The van der Waals surface area contributed by atoms with E-state index in [2.05, 4.69) is 5.32 Å². The lowest BCUT2D eigenvalue weighted by Crippen LogP contribution is -2.46. The van der Waals surface area contributed by atoms with Crippen molar-refractivity contribution in [3.05, 3.63) is 48.0 Å². The van der Waals surface area contributed by atoms with Crippen LogP contribution in [0.15, 0.2) is 42.5 Å². The number of alkyl carbamates (subject to hydrolysis) is 1. The highest BCUT2D eigenvalue weighted by molar-refractivity contribution is 5.81. The highest BCUT2D eigenvalue weighted by Gasteiger charge is 2.38. The number of carboxylic acids is 1. The minimum absolute atomic E-state index is 0.0457. The summed E-state index contributed by atoms with van der Waals surface area (Å²) in [4.78, 5) is 41.6. The molecule has 1 heterocycles. The van der Waals surface area contributed by atoms with Gasteiger partial charge in [0.05, 0.1) is 5.92 Å². The lowest BCUT2D eigenvalue weighted by atomic mass is 9.77. The fraction of sp³-hybridized carbons (Fsp3) is 0.381. The maximum Gasteiger partial charge on any atom is 0.408 e. The Hall–Kier alpha value is -3.69. The Morgan fingerprint density at radius 2 is 1.61 bits per heavy atom. The van der Waals surface area contributed by atoms with Gasteiger partial charge in [0.25, 0.3) is 0 Å². The molecule has 0 saturated carbocycles. The highest BCUT2D eigenvalue weighted by Crippen LogP contribution is 2.31. The van der Waals surface area contributed by atoms with Crippen LogP contribution in [0.5, 0.6) is 11.8 Å². The van der Waals surface area contributed by atoms with Crippen LogP contribution in [0.2, 0.25) is 0 Å². The van der Waals surface area contributed by atoms with Crippen LogP contribution in [0.25, 0.3) is 0 Å². The number of rotatable bonds is 8. The second-order valence-corrected chi connectivity index (χ2v) is 8.01. The van der Waals surface area contributed by atoms with Crippen molar-refractivity contribution in [3.63, 3.8) is 0 Å². The molecule has 168 valence electrons. The molecule has 0 saturated heterocycles. The average Bonchev–Trinajstić information content (AvgIpc) is 3.01. The Morgan fingerprint density at radius 1 is 1.03 bits per heavy atom. The van der Waals surface area contributed by atoms with Gasteiger partial charge in [0.15, 0.2) is 0 Å². The predicted octanol–water partition coefficient (Wildman–Crippen LogP) is 2.29. The number of hydrogen-bond acceptors (Lipinski definition) is 7. The van der Waals surface area contributed by atoms with Crippen LogP contribution < -0.4 is 10.2 Å². The normalized spacial score (nSPS) is 13.1. The molecule has 2 atom stereocenters. The third-order valence-corrected chi connectivity index (χ3v) is 4.58. The van der Waals surface area contributed by atoms with E-state index in [0.29, 0.717) is 4.73 Å². The molecular formula is C21H26N2O8. The third kappa shape index (κ3) is 6.66. The molecule has 10 heteroatoms. The van der Waals surface area contributed by atoms with Crippen molar-refractivity contribution in [1.82, 2.24) is 10.0 Å². The van der Waals surface area contributed by atoms with Crippen LogP contribution in [0, 0.1) is 11.3 Å². The number of ether oxygens (including phenoxy) is 1. The maximum atomic E-state index is 12.7. The minimum atomic E-state index is -1.44. The molecule has 31 heavy (non-hydrogen) atoms. The third-order valence-electron chi connectivity index (χ3n) is 4.58. The van der Waals surface area contributed by atoms with Crippen LogP contribution in [-0.2, 0) is 20.9 Å². The first-order chi connectivity index (χ1) is 14.5. The smallest absolute Gasteiger partial charge is 0.408 e. The topological polar surface area (TPSA) is 147 Å². The van der Waals surface area contributed by atoms with E-state index in [1.807, 2.05) is 6.07 Å². The summed E-state index contributed by atoms with van der Waals surface area (Å²) in [6, 6.07) is 9.67. The Bertz CT molecular complexity index is 898. The van der Waals surface area contributed by atoms with Gasteiger partial charge in [-0.15, -0.1) is 4.73 Å². The molecule has 0 aliphatic carbocycles. The molecule has 1 amide bonds. The molecule has 0 spiro atoms. The van der Waals surface area contributed by atoms with Gasteiger partial charge in [0.2, 0.25) is 11.8 Å². The molecule has 1 aromatic heterocycles. The van der Waals surface area contributed by atoms with Crippen molar-refractivity contribution in [3.8, 4) is 11.8 Å². The number of aromatic nitrogens is 1. The molecule has 2 aromatic rings. The molecule has 0 fully saturated rings. The van der Waals surface area contributed by atoms with Gasteiger partial charge in [-0.25, -0.2) is 14.4 Å². The lowest BCUT2D eigenvalue weighted by molar-refractivity contribution is -0.155. The number of benzene rings is 1. The molecule has 0 radical (unpaired) electrons. The van der Waals surface area contributed by atoms with E-state index in [0.717, 1.165) is 17.7 Å².